The molecule has 120 valence electrons. The first kappa shape index (κ1) is 17.9. The van der Waals surface area contributed by atoms with E-state index in [0.717, 1.165) is 38.5 Å². The van der Waals surface area contributed by atoms with Gasteiger partial charge in [-0.1, -0.05) is 13.0 Å². The Balaban J connectivity index is 2.67. The molecule has 1 heterocycles. The molecule has 1 aromatic heterocycles. The Bertz CT molecular complexity index is 370. The van der Waals surface area contributed by atoms with Crippen LogP contribution in [0.1, 0.15) is 31.9 Å². The van der Waals surface area contributed by atoms with Crippen molar-refractivity contribution in [3.63, 3.8) is 0 Å². The molecule has 0 fully saturated rings. The number of nitrogens with one attached hydrogen (secondary N) is 1. The van der Waals surface area contributed by atoms with Gasteiger partial charge in [0.05, 0.1) is 6.61 Å². The lowest BCUT2D eigenvalue weighted by Crippen LogP contribution is -2.30. The highest BCUT2D eigenvalue weighted by molar-refractivity contribution is 5.39. The lowest BCUT2D eigenvalue weighted by atomic mass is 10.1. The molecule has 0 saturated heterocycles. The summed E-state index contributed by atoms with van der Waals surface area (Å²) in [5, 5.41) is 3.40. The van der Waals surface area contributed by atoms with E-state index in [1.807, 2.05) is 6.20 Å². The highest BCUT2D eigenvalue weighted by Gasteiger charge is 2.09. The maximum absolute atomic E-state index is 5.18. The van der Waals surface area contributed by atoms with Crippen LogP contribution in [0.2, 0.25) is 0 Å². The summed E-state index contributed by atoms with van der Waals surface area (Å²) in [6.07, 6.45) is 2.94. The predicted molar refractivity (Wildman–Crippen MR) is 86.9 cm³/mol. The molecule has 1 N–H and O–H groups in total. The van der Waals surface area contributed by atoms with Gasteiger partial charge < -0.3 is 19.7 Å². The SMILES string of the molecule is CCNC(C)c1ccc(N(CCCOC)CCOC)nc1. The van der Waals surface area contributed by atoms with Crippen LogP contribution >= 0.6 is 0 Å². The Kier molecular flexibility index (Phi) is 8.98. The van der Waals surface area contributed by atoms with Crippen LogP contribution in [-0.2, 0) is 9.47 Å². The summed E-state index contributed by atoms with van der Waals surface area (Å²) < 4.78 is 10.3. The van der Waals surface area contributed by atoms with Crippen molar-refractivity contribution in [3.05, 3.63) is 23.9 Å². The molecule has 0 aliphatic heterocycles. The third-order valence-electron chi connectivity index (χ3n) is 3.45. The monoisotopic (exact) mass is 295 g/mol. The zero-order valence-electron chi connectivity index (χ0n) is 13.8. The van der Waals surface area contributed by atoms with E-state index in [1.54, 1.807) is 14.2 Å². The van der Waals surface area contributed by atoms with Crippen molar-refractivity contribution >= 4 is 5.82 Å². The summed E-state index contributed by atoms with van der Waals surface area (Å²) in [4.78, 5) is 6.84. The molecule has 0 aliphatic rings. The van der Waals surface area contributed by atoms with Crippen molar-refractivity contribution in [1.29, 1.82) is 0 Å². The predicted octanol–water partition coefficient (Wildman–Crippen LogP) is 2.24. The van der Waals surface area contributed by atoms with Crippen molar-refractivity contribution in [2.24, 2.45) is 0 Å². The fourth-order valence-electron chi connectivity index (χ4n) is 2.21. The van der Waals surface area contributed by atoms with E-state index in [0.29, 0.717) is 12.6 Å². The minimum Gasteiger partial charge on any atom is -0.385 e. The summed E-state index contributed by atoms with van der Waals surface area (Å²) in [5.41, 5.74) is 1.21. The average molecular weight is 295 g/mol. The number of anilines is 1. The number of pyridine rings is 1. The highest BCUT2D eigenvalue weighted by atomic mass is 16.5. The quantitative estimate of drug-likeness (QED) is 0.634. The zero-order valence-corrected chi connectivity index (χ0v) is 13.8. The zero-order chi connectivity index (χ0) is 15.5. The maximum Gasteiger partial charge on any atom is 0.128 e. The Morgan fingerprint density at radius 2 is 1.95 bits per heavy atom. The second-order valence-electron chi connectivity index (χ2n) is 5.06. The first-order valence-corrected chi connectivity index (χ1v) is 7.65. The molecule has 0 radical (unpaired) electrons. The molecule has 0 amide bonds. The van der Waals surface area contributed by atoms with Crippen LogP contribution < -0.4 is 10.2 Å². The molecular formula is C16H29N3O2. The minimum atomic E-state index is 0.331. The largest absolute Gasteiger partial charge is 0.385 e. The molecule has 0 aliphatic carbocycles. The van der Waals surface area contributed by atoms with Gasteiger partial charge in [0.15, 0.2) is 0 Å². The van der Waals surface area contributed by atoms with Gasteiger partial charge in [-0.2, -0.15) is 0 Å². The molecule has 5 nitrogen and oxygen atoms in total. The van der Waals surface area contributed by atoms with Crippen LogP contribution in [0.3, 0.4) is 0 Å². The summed E-state index contributed by atoms with van der Waals surface area (Å²) in [6, 6.07) is 4.56. The van der Waals surface area contributed by atoms with Gasteiger partial charge in [0.25, 0.3) is 0 Å². The number of ether oxygens (including phenoxy) is 2. The second-order valence-corrected chi connectivity index (χ2v) is 5.06. The van der Waals surface area contributed by atoms with Gasteiger partial charge in [0.2, 0.25) is 0 Å². The van der Waals surface area contributed by atoms with Crippen LogP contribution in [0, 0.1) is 0 Å². The Hall–Kier alpha value is -1.17. The average Bonchev–Trinajstić information content (AvgIpc) is 2.51. The van der Waals surface area contributed by atoms with Gasteiger partial charge in [0, 0.05) is 46.2 Å². The number of hydrogen-bond donors (Lipinski definition) is 1. The normalized spacial score (nSPS) is 12.4. The number of rotatable bonds is 11. The second kappa shape index (κ2) is 10.5. The molecule has 0 spiro atoms. The molecule has 1 atom stereocenters. The molecule has 0 saturated carbocycles. The van der Waals surface area contributed by atoms with Crippen LogP contribution in [-0.4, -0.2) is 52.1 Å². The van der Waals surface area contributed by atoms with Crippen molar-refractivity contribution in [2.75, 3.05) is 52.0 Å². The van der Waals surface area contributed by atoms with Crippen LogP contribution in [0.5, 0.6) is 0 Å². The third kappa shape index (κ3) is 6.42. The minimum absolute atomic E-state index is 0.331. The van der Waals surface area contributed by atoms with E-state index in [-0.39, 0.29) is 0 Å². The summed E-state index contributed by atoms with van der Waals surface area (Å²) >= 11 is 0. The number of aromatic nitrogens is 1. The molecule has 1 aromatic rings. The molecule has 0 bridgehead atoms. The van der Waals surface area contributed by atoms with Crippen molar-refractivity contribution in [1.82, 2.24) is 10.3 Å². The lowest BCUT2D eigenvalue weighted by Gasteiger charge is -2.24. The van der Waals surface area contributed by atoms with Gasteiger partial charge in [-0.3, -0.25) is 0 Å². The van der Waals surface area contributed by atoms with E-state index in [9.17, 15) is 0 Å². The van der Waals surface area contributed by atoms with E-state index >= 15 is 0 Å². The first-order valence-electron chi connectivity index (χ1n) is 7.65. The summed E-state index contributed by atoms with van der Waals surface area (Å²) in [6.45, 7) is 8.45. The topological polar surface area (TPSA) is 46.6 Å². The molecular weight excluding hydrogens is 266 g/mol. The van der Waals surface area contributed by atoms with Gasteiger partial charge in [-0.05, 0) is 31.5 Å². The van der Waals surface area contributed by atoms with Crippen LogP contribution in [0.4, 0.5) is 5.82 Å². The highest BCUT2D eigenvalue weighted by Crippen LogP contribution is 2.16. The molecule has 21 heavy (non-hydrogen) atoms. The van der Waals surface area contributed by atoms with E-state index < -0.39 is 0 Å². The first-order chi connectivity index (χ1) is 10.2. The van der Waals surface area contributed by atoms with E-state index in [1.165, 1.54) is 5.56 Å². The van der Waals surface area contributed by atoms with Gasteiger partial charge in [0.1, 0.15) is 5.82 Å². The standard InChI is InChI=1S/C16H29N3O2/c1-5-17-14(2)15-7-8-16(18-13-15)19(10-12-21-4)9-6-11-20-3/h7-8,13-14,17H,5-6,9-12H2,1-4H3. The summed E-state index contributed by atoms with van der Waals surface area (Å²) in [5.74, 6) is 0.996. The lowest BCUT2D eigenvalue weighted by molar-refractivity contribution is 0.191. The molecule has 5 heteroatoms. The van der Waals surface area contributed by atoms with E-state index in [2.05, 4.69) is 41.2 Å². The number of methoxy groups -OCH3 is 2. The van der Waals surface area contributed by atoms with Crippen molar-refractivity contribution in [2.45, 2.75) is 26.3 Å². The smallest absolute Gasteiger partial charge is 0.128 e. The van der Waals surface area contributed by atoms with E-state index in [4.69, 9.17) is 9.47 Å². The molecule has 1 rings (SSSR count). The van der Waals surface area contributed by atoms with Gasteiger partial charge in [-0.25, -0.2) is 4.98 Å². The fourth-order valence-corrected chi connectivity index (χ4v) is 2.21. The van der Waals surface area contributed by atoms with Crippen LogP contribution in [0.25, 0.3) is 0 Å². The molecule has 1 unspecified atom stereocenters. The van der Waals surface area contributed by atoms with Crippen molar-refractivity contribution in [3.8, 4) is 0 Å². The maximum atomic E-state index is 5.18. The summed E-state index contributed by atoms with van der Waals surface area (Å²) in [7, 11) is 3.45. The van der Waals surface area contributed by atoms with Crippen LogP contribution in [0.15, 0.2) is 18.3 Å². The number of nitrogens with zero attached hydrogens (tertiary/aromatic N) is 2. The van der Waals surface area contributed by atoms with Gasteiger partial charge >= 0.3 is 0 Å². The molecule has 0 aromatic carbocycles. The van der Waals surface area contributed by atoms with Crippen molar-refractivity contribution < 1.29 is 9.47 Å². The Morgan fingerprint density at radius 1 is 1.19 bits per heavy atom. The Labute approximate surface area is 128 Å². The van der Waals surface area contributed by atoms with Gasteiger partial charge in [-0.15, -0.1) is 0 Å². The third-order valence-corrected chi connectivity index (χ3v) is 3.45. The Morgan fingerprint density at radius 3 is 2.52 bits per heavy atom. The number of hydrogen-bond acceptors (Lipinski definition) is 5. The fraction of sp³-hybridized carbons (Fsp3) is 0.688.